The molecule has 1 aliphatic rings. The second kappa shape index (κ2) is 8.63. The van der Waals surface area contributed by atoms with E-state index in [1.165, 1.54) is 0 Å². The summed E-state index contributed by atoms with van der Waals surface area (Å²) in [5.74, 6) is -9.07. The molecule has 1 N–H and O–H groups in total. The highest BCUT2D eigenvalue weighted by atomic mass is 19.4. The molecule has 0 saturated heterocycles. The topological polar surface area (TPSA) is 47.9 Å². The van der Waals surface area contributed by atoms with Gasteiger partial charge in [-0.05, 0) is 12.8 Å². The summed E-state index contributed by atoms with van der Waals surface area (Å²) in [5.41, 5.74) is 0. The van der Waals surface area contributed by atoms with Crippen LogP contribution in [0.2, 0.25) is 0 Å². The lowest BCUT2D eigenvalue weighted by Crippen LogP contribution is -2.75. The van der Waals surface area contributed by atoms with Crippen LogP contribution in [0.5, 0.6) is 0 Å². The van der Waals surface area contributed by atoms with Gasteiger partial charge in [0.1, 0.15) is 0 Å². The molecule has 24 heavy (non-hydrogen) atoms. The van der Waals surface area contributed by atoms with Crippen molar-refractivity contribution in [1.29, 1.82) is 0 Å². The minimum absolute atomic E-state index is 0.114. The van der Waals surface area contributed by atoms with Gasteiger partial charge in [-0.3, -0.25) is 0 Å². The summed E-state index contributed by atoms with van der Waals surface area (Å²) in [6, 6.07) is 0. The van der Waals surface area contributed by atoms with Crippen molar-refractivity contribution in [3.63, 3.8) is 0 Å². The summed E-state index contributed by atoms with van der Waals surface area (Å²) in [7, 11) is 0. The Morgan fingerprint density at radius 2 is 1.29 bits per heavy atom. The number of aliphatic hydroxyl groups excluding tert-OH is 1. The second-order valence-electron chi connectivity index (χ2n) is 5.24. The minimum Gasteiger partial charge on any atom is -0.394 e. The number of hydrogen-bond donors (Lipinski definition) is 1. The standard InChI is InChI=1S/C13H19F7O4/c14-11(15,16)3-7-24-10-9(12(17,18)13(10,19)20)23-6-2-1-5-22-8-4-21/h9-10,21H,1-8H2. The van der Waals surface area contributed by atoms with Crippen LogP contribution in [-0.2, 0) is 14.2 Å². The first-order valence-electron chi connectivity index (χ1n) is 7.28. The molecule has 0 radical (unpaired) electrons. The highest BCUT2D eigenvalue weighted by molar-refractivity contribution is 5.13. The number of aliphatic hydroxyl groups is 1. The minimum atomic E-state index is -4.63. The predicted molar refractivity (Wildman–Crippen MR) is 67.2 cm³/mol. The third-order valence-electron chi connectivity index (χ3n) is 3.33. The molecule has 0 aromatic rings. The van der Waals surface area contributed by atoms with Gasteiger partial charge in [-0.15, -0.1) is 0 Å². The molecular weight excluding hydrogens is 353 g/mol. The molecule has 1 aliphatic carbocycles. The molecule has 144 valence electrons. The molecule has 0 aromatic heterocycles. The smallest absolute Gasteiger partial charge is 0.391 e. The average Bonchev–Trinajstić information content (AvgIpc) is 2.46. The maximum Gasteiger partial charge on any atom is 0.391 e. The van der Waals surface area contributed by atoms with Gasteiger partial charge in [-0.25, -0.2) is 0 Å². The van der Waals surface area contributed by atoms with Crippen molar-refractivity contribution >= 4 is 0 Å². The van der Waals surface area contributed by atoms with E-state index in [1.54, 1.807) is 0 Å². The summed E-state index contributed by atoms with van der Waals surface area (Å²) >= 11 is 0. The van der Waals surface area contributed by atoms with Crippen molar-refractivity contribution in [3.8, 4) is 0 Å². The van der Waals surface area contributed by atoms with Crippen LogP contribution in [-0.4, -0.2) is 68.4 Å². The Labute approximate surface area is 133 Å². The maximum absolute atomic E-state index is 13.3. The van der Waals surface area contributed by atoms with Gasteiger partial charge >= 0.3 is 18.0 Å². The van der Waals surface area contributed by atoms with Gasteiger partial charge in [0.2, 0.25) is 0 Å². The molecular formula is C13H19F7O4. The summed E-state index contributed by atoms with van der Waals surface area (Å²) in [5, 5.41) is 8.45. The van der Waals surface area contributed by atoms with Crippen molar-refractivity contribution in [3.05, 3.63) is 0 Å². The van der Waals surface area contributed by atoms with E-state index in [9.17, 15) is 30.7 Å². The molecule has 0 amide bonds. The molecule has 2 atom stereocenters. The second-order valence-corrected chi connectivity index (χ2v) is 5.24. The van der Waals surface area contributed by atoms with Crippen LogP contribution >= 0.6 is 0 Å². The first kappa shape index (κ1) is 21.4. The van der Waals surface area contributed by atoms with Crippen molar-refractivity contribution < 1.29 is 50.1 Å². The van der Waals surface area contributed by atoms with E-state index in [4.69, 9.17) is 9.84 Å². The third kappa shape index (κ3) is 5.43. The van der Waals surface area contributed by atoms with Gasteiger partial charge in [-0.2, -0.15) is 30.7 Å². The van der Waals surface area contributed by atoms with Crippen molar-refractivity contribution in [2.75, 3.05) is 33.0 Å². The molecule has 4 nitrogen and oxygen atoms in total. The molecule has 1 fully saturated rings. The van der Waals surface area contributed by atoms with Crippen LogP contribution in [0.15, 0.2) is 0 Å². The number of unbranched alkanes of at least 4 members (excludes halogenated alkanes) is 1. The Kier molecular flexibility index (Phi) is 7.70. The number of ether oxygens (including phenoxy) is 3. The summed E-state index contributed by atoms with van der Waals surface area (Å²) in [6.07, 6.45) is -10.3. The summed E-state index contributed by atoms with van der Waals surface area (Å²) in [6.45, 7) is -1.26. The summed E-state index contributed by atoms with van der Waals surface area (Å²) in [4.78, 5) is 0. The molecule has 0 aromatic carbocycles. The average molecular weight is 372 g/mol. The van der Waals surface area contributed by atoms with Crippen LogP contribution in [0.4, 0.5) is 30.7 Å². The van der Waals surface area contributed by atoms with E-state index in [2.05, 4.69) is 9.47 Å². The van der Waals surface area contributed by atoms with Crippen LogP contribution in [0.3, 0.4) is 0 Å². The third-order valence-corrected chi connectivity index (χ3v) is 3.33. The highest BCUT2D eigenvalue weighted by Gasteiger charge is 2.80. The summed E-state index contributed by atoms with van der Waals surface area (Å²) < 4.78 is 103. The molecule has 0 aliphatic heterocycles. The SMILES string of the molecule is OCCOCCCCOC1C(OCCC(F)(F)F)C(F)(F)C1(F)F. The van der Waals surface area contributed by atoms with Gasteiger partial charge in [-0.1, -0.05) is 0 Å². The fourth-order valence-electron chi connectivity index (χ4n) is 2.03. The van der Waals surface area contributed by atoms with Crippen LogP contribution < -0.4 is 0 Å². The fourth-order valence-corrected chi connectivity index (χ4v) is 2.03. The molecule has 11 heteroatoms. The van der Waals surface area contributed by atoms with Crippen molar-refractivity contribution in [2.45, 2.75) is 49.5 Å². The lowest BCUT2D eigenvalue weighted by Gasteiger charge is -2.49. The van der Waals surface area contributed by atoms with Crippen LogP contribution in [0.1, 0.15) is 19.3 Å². The molecule has 0 bridgehead atoms. The van der Waals surface area contributed by atoms with Gasteiger partial charge in [0.25, 0.3) is 0 Å². The Morgan fingerprint density at radius 3 is 1.79 bits per heavy atom. The molecule has 2 unspecified atom stereocenters. The monoisotopic (exact) mass is 372 g/mol. The van der Waals surface area contributed by atoms with E-state index in [1.807, 2.05) is 0 Å². The molecule has 0 heterocycles. The Morgan fingerprint density at radius 1 is 0.792 bits per heavy atom. The number of hydrogen-bond acceptors (Lipinski definition) is 4. The number of rotatable bonds is 11. The lowest BCUT2D eigenvalue weighted by molar-refractivity contribution is -0.400. The predicted octanol–water partition coefficient (Wildman–Crippen LogP) is 2.78. The van der Waals surface area contributed by atoms with E-state index >= 15 is 0 Å². The molecule has 1 rings (SSSR count). The number of halogens is 7. The Balaban J connectivity index is 2.38. The zero-order valence-corrected chi connectivity index (χ0v) is 12.6. The van der Waals surface area contributed by atoms with E-state index in [0.29, 0.717) is 6.42 Å². The largest absolute Gasteiger partial charge is 0.394 e. The van der Waals surface area contributed by atoms with Gasteiger partial charge in [0.15, 0.2) is 12.2 Å². The normalized spacial score (nSPS) is 25.5. The van der Waals surface area contributed by atoms with Crippen LogP contribution in [0.25, 0.3) is 0 Å². The van der Waals surface area contributed by atoms with E-state index in [-0.39, 0.29) is 32.8 Å². The van der Waals surface area contributed by atoms with Gasteiger partial charge in [0.05, 0.1) is 26.2 Å². The Bertz CT molecular complexity index is 376. The van der Waals surface area contributed by atoms with Gasteiger partial charge in [0, 0.05) is 13.2 Å². The molecule has 1 saturated carbocycles. The quantitative estimate of drug-likeness (QED) is 0.448. The molecule has 0 spiro atoms. The first-order valence-corrected chi connectivity index (χ1v) is 7.28. The maximum atomic E-state index is 13.3. The fraction of sp³-hybridized carbons (Fsp3) is 1.00. The van der Waals surface area contributed by atoms with Crippen molar-refractivity contribution in [1.82, 2.24) is 0 Å². The van der Waals surface area contributed by atoms with E-state index in [0.717, 1.165) is 0 Å². The van der Waals surface area contributed by atoms with E-state index < -0.39 is 43.3 Å². The van der Waals surface area contributed by atoms with Crippen molar-refractivity contribution in [2.24, 2.45) is 0 Å². The highest BCUT2D eigenvalue weighted by Crippen LogP contribution is 2.54. The van der Waals surface area contributed by atoms with Gasteiger partial charge < -0.3 is 19.3 Å². The zero-order chi connectivity index (χ0) is 18.4. The number of alkyl halides is 7. The lowest BCUT2D eigenvalue weighted by atomic mass is 9.81. The zero-order valence-electron chi connectivity index (χ0n) is 12.6. The first-order chi connectivity index (χ1) is 11.0. The van der Waals surface area contributed by atoms with Crippen LogP contribution in [0, 0.1) is 0 Å². The Hall–Kier alpha value is -0.650.